The molecule has 2 N–H and O–H groups in total. The van der Waals surface area contributed by atoms with E-state index in [0.717, 1.165) is 0 Å². The Hall–Kier alpha value is -2.52. The first kappa shape index (κ1) is 19.2. The lowest BCUT2D eigenvalue weighted by Crippen LogP contribution is -2.05. The predicted molar refractivity (Wildman–Crippen MR) is 105 cm³/mol. The molecule has 0 saturated carbocycles. The second kappa shape index (κ2) is 8.01. The van der Waals surface area contributed by atoms with Crippen LogP contribution in [0.2, 0.25) is 0 Å². The van der Waals surface area contributed by atoms with Crippen molar-refractivity contribution in [2.75, 3.05) is 11.1 Å². The molecule has 6 nitrogen and oxygen atoms in total. The molecule has 1 aromatic carbocycles. The molecule has 9 heteroatoms. The third-order valence-electron chi connectivity index (χ3n) is 3.88. The number of hydrogen-bond donors (Lipinski definition) is 2. The van der Waals surface area contributed by atoms with E-state index in [0.29, 0.717) is 37.7 Å². The summed E-state index contributed by atoms with van der Waals surface area (Å²) in [6.07, 6.45) is 0. The van der Waals surface area contributed by atoms with Gasteiger partial charge in [0.2, 0.25) is 5.13 Å². The molecular weight excluding hydrogens is 387 g/mol. The van der Waals surface area contributed by atoms with Crippen molar-refractivity contribution in [3.05, 3.63) is 52.6 Å². The first-order valence-corrected chi connectivity index (χ1v) is 9.87. The van der Waals surface area contributed by atoms with Gasteiger partial charge < -0.3 is 10.3 Å². The lowest BCUT2D eigenvalue weighted by Gasteiger charge is -2.00. The van der Waals surface area contributed by atoms with Crippen LogP contribution in [0.25, 0.3) is 0 Å². The third kappa shape index (κ3) is 4.42. The third-order valence-corrected chi connectivity index (χ3v) is 5.85. The normalized spacial score (nSPS) is 10.8. The minimum Gasteiger partial charge on any atom is -0.355 e. The molecule has 0 radical (unpaired) electrons. The van der Waals surface area contributed by atoms with Crippen molar-refractivity contribution in [3.63, 3.8) is 0 Å². The second-order valence-corrected chi connectivity index (χ2v) is 8.10. The maximum absolute atomic E-state index is 13.2. The van der Waals surface area contributed by atoms with Crippen LogP contribution in [0, 0.1) is 19.7 Å². The van der Waals surface area contributed by atoms with Crippen LogP contribution < -0.4 is 5.32 Å². The van der Waals surface area contributed by atoms with E-state index in [9.17, 15) is 14.0 Å². The van der Waals surface area contributed by atoms with Crippen LogP contribution in [0.15, 0.2) is 28.6 Å². The minimum atomic E-state index is -0.341. The number of halogens is 1. The van der Waals surface area contributed by atoms with Crippen LogP contribution in [-0.2, 0) is 0 Å². The molecule has 0 aliphatic carbocycles. The number of ketones is 2. The molecule has 3 rings (SSSR count). The number of carbonyl (C=O) groups excluding carboxylic acids is 2. The molecule has 0 aliphatic rings. The summed E-state index contributed by atoms with van der Waals surface area (Å²) in [7, 11) is 0. The second-order valence-electron chi connectivity index (χ2n) is 5.90. The van der Waals surface area contributed by atoms with Crippen molar-refractivity contribution < 1.29 is 14.0 Å². The smallest absolute Gasteiger partial charge is 0.210 e. The Morgan fingerprint density at radius 3 is 2.74 bits per heavy atom. The minimum absolute atomic E-state index is 0.0647. The molecule has 0 saturated heterocycles. The van der Waals surface area contributed by atoms with E-state index in [1.165, 1.54) is 42.2 Å². The summed E-state index contributed by atoms with van der Waals surface area (Å²) in [5, 5.41) is 11.5. The quantitative estimate of drug-likeness (QED) is 0.444. The Balaban J connectivity index is 1.64. The van der Waals surface area contributed by atoms with Gasteiger partial charge in [-0.15, -0.1) is 10.2 Å². The Bertz CT molecular complexity index is 1010. The van der Waals surface area contributed by atoms with E-state index in [4.69, 9.17) is 0 Å². The van der Waals surface area contributed by atoms with Crippen molar-refractivity contribution in [1.82, 2.24) is 15.2 Å². The maximum atomic E-state index is 13.2. The SMILES string of the molecule is CC(=O)c1c(C)[nH]c(C(=O)CSc2nnc(Nc3cccc(F)c3)s2)c1C. The Morgan fingerprint density at radius 1 is 1.30 bits per heavy atom. The zero-order chi connectivity index (χ0) is 19.6. The number of aromatic amines is 1. The Labute approximate surface area is 163 Å². The molecule has 2 aromatic heterocycles. The highest BCUT2D eigenvalue weighted by Crippen LogP contribution is 2.29. The van der Waals surface area contributed by atoms with Gasteiger partial charge in [0.25, 0.3) is 0 Å². The van der Waals surface area contributed by atoms with Gasteiger partial charge in [-0.2, -0.15) is 0 Å². The molecule has 0 atom stereocenters. The number of hydrogen-bond acceptors (Lipinski definition) is 7. The van der Waals surface area contributed by atoms with Crippen LogP contribution in [0.5, 0.6) is 0 Å². The average Bonchev–Trinajstić information content (AvgIpc) is 3.16. The summed E-state index contributed by atoms with van der Waals surface area (Å²) in [4.78, 5) is 27.2. The number of aromatic nitrogens is 3. The summed E-state index contributed by atoms with van der Waals surface area (Å²) in [6, 6.07) is 6.05. The standard InChI is InChI=1S/C18H17FN4O2S2/c1-9-15(11(3)24)10(2)20-16(9)14(25)8-26-18-23-22-17(27-18)21-13-6-4-5-12(19)7-13/h4-7,20H,8H2,1-3H3,(H,21,22). The maximum Gasteiger partial charge on any atom is 0.210 e. The highest BCUT2D eigenvalue weighted by molar-refractivity contribution is 8.01. The highest BCUT2D eigenvalue weighted by atomic mass is 32.2. The first-order valence-electron chi connectivity index (χ1n) is 8.07. The summed E-state index contributed by atoms with van der Waals surface area (Å²) in [5.74, 6) is -0.341. The Kier molecular flexibility index (Phi) is 5.71. The van der Waals surface area contributed by atoms with Gasteiger partial charge in [0.05, 0.1) is 11.4 Å². The van der Waals surface area contributed by atoms with E-state index >= 15 is 0 Å². The van der Waals surface area contributed by atoms with E-state index < -0.39 is 0 Å². The fraction of sp³-hybridized carbons (Fsp3) is 0.222. The molecule has 27 heavy (non-hydrogen) atoms. The highest BCUT2D eigenvalue weighted by Gasteiger charge is 2.20. The predicted octanol–water partition coefficient (Wildman–Crippen LogP) is 4.54. The molecule has 0 unspecified atom stereocenters. The van der Waals surface area contributed by atoms with Gasteiger partial charge in [0, 0.05) is 16.9 Å². The molecule has 0 fully saturated rings. The summed E-state index contributed by atoms with van der Waals surface area (Å²) in [5.41, 5.74) is 2.98. The number of aryl methyl sites for hydroxylation is 1. The van der Waals surface area contributed by atoms with Crippen molar-refractivity contribution in [3.8, 4) is 0 Å². The number of carbonyl (C=O) groups is 2. The fourth-order valence-electron chi connectivity index (χ4n) is 2.76. The number of benzene rings is 1. The zero-order valence-corrected chi connectivity index (χ0v) is 16.6. The molecule has 0 amide bonds. The van der Waals surface area contributed by atoms with Gasteiger partial charge in [0.15, 0.2) is 15.9 Å². The number of H-pyrrole nitrogens is 1. The average molecular weight is 404 g/mol. The molecule has 0 bridgehead atoms. The number of anilines is 2. The number of nitrogens with zero attached hydrogens (tertiary/aromatic N) is 2. The summed E-state index contributed by atoms with van der Waals surface area (Å²) >= 11 is 2.55. The molecule has 140 valence electrons. The monoisotopic (exact) mass is 404 g/mol. The van der Waals surface area contributed by atoms with Crippen LogP contribution in [0.4, 0.5) is 15.2 Å². The van der Waals surface area contributed by atoms with Gasteiger partial charge in [-0.25, -0.2) is 4.39 Å². The molecular formula is C18H17FN4O2S2. The number of thioether (sulfide) groups is 1. The summed E-state index contributed by atoms with van der Waals surface area (Å²) < 4.78 is 13.8. The fourth-order valence-corrected chi connectivity index (χ4v) is 4.41. The topological polar surface area (TPSA) is 87.7 Å². The molecule has 2 heterocycles. The largest absolute Gasteiger partial charge is 0.355 e. The van der Waals surface area contributed by atoms with Crippen LogP contribution >= 0.6 is 23.1 Å². The molecule has 0 spiro atoms. The van der Waals surface area contributed by atoms with E-state index in [-0.39, 0.29) is 23.1 Å². The van der Waals surface area contributed by atoms with Gasteiger partial charge in [-0.3, -0.25) is 9.59 Å². The molecule has 0 aliphatic heterocycles. The van der Waals surface area contributed by atoms with Crippen LogP contribution in [0.1, 0.15) is 39.0 Å². The van der Waals surface area contributed by atoms with E-state index in [1.807, 2.05) is 0 Å². The van der Waals surface area contributed by atoms with Crippen molar-refractivity contribution in [1.29, 1.82) is 0 Å². The lowest BCUT2D eigenvalue weighted by atomic mass is 10.1. The Morgan fingerprint density at radius 2 is 2.07 bits per heavy atom. The van der Waals surface area contributed by atoms with Gasteiger partial charge in [0.1, 0.15) is 5.82 Å². The van der Waals surface area contributed by atoms with Gasteiger partial charge in [-0.1, -0.05) is 29.2 Å². The number of Topliss-reactive ketones (excluding diaryl/α,β-unsaturated/α-hetero) is 2. The lowest BCUT2D eigenvalue weighted by molar-refractivity contribution is 0.101. The van der Waals surface area contributed by atoms with E-state index in [2.05, 4.69) is 20.5 Å². The molecule has 3 aromatic rings. The van der Waals surface area contributed by atoms with Gasteiger partial charge >= 0.3 is 0 Å². The zero-order valence-electron chi connectivity index (χ0n) is 14.9. The number of rotatable bonds is 7. The van der Waals surface area contributed by atoms with E-state index in [1.54, 1.807) is 26.0 Å². The van der Waals surface area contributed by atoms with Crippen LogP contribution in [-0.4, -0.2) is 32.5 Å². The summed E-state index contributed by atoms with van der Waals surface area (Å²) in [6.45, 7) is 5.04. The first-order chi connectivity index (χ1) is 12.8. The van der Waals surface area contributed by atoms with Crippen molar-refractivity contribution >= 4 is 45.5 Å². The van der Waals surface area contributed by atoms with Gasteiger partial charge in [-0.05, 0) is 44.5 Å². The number of nitrogens with one attached hydrogen (secondary N) is 2. The van der Waals surface area contributed by atoms with Crippen LogP contribution in [0.3, 0.4) is 0 Å². The van der Waals surface area contributed by atoms with Crippen molar-refractivity contribution in [2.24, 2.45) is 0 Å². The van der Waals surface area contributed by atoms with Crippen molar-refractivity contribution in [2.45, 2.75) is 25.1 Å².